The molecule has 2 aromatic rings. The number of ether oxygens (including phenoxy) is 2. The van der Waals surface area contributed by atoms with Gasteiger partial charge in [-0.25, -0.2) is 4.98 Å². The third-order valence-electron chi connectivity index (χ3n) is 7.06. The van der Waals surface area contributed by atoms with Crippen molar-refractivity contribution in [2.45, 2.75) is 122 Å². The number of nitrogens with zero attached hydrogens (tertiary/aromatic N) is 4. The van der Waals surface area contributed by atoms with Gasteiger partial charge in [0.2, 0.25) is 5.95 Å². The standard InChI is InChI=1S/C28H53N6O6P/c1-2-3-4-5-6-7-8-9-10-11-12-13-14-15-16-17-18-38-22-40-41(36,37)23-39-24(20-35)19-34-21-31-25-26(29)32-28(30)33-27(25)34/h21,24,35H,2-20,22-23H2,1H3,(H,36,37)(H4,29,30,32,33)/p-1/t24-/m0/s1. The molecule has 0 aliphatic rings. The molecule has 1 unspecified atom stereocenters. The van der Waals surface area contributed by atoms with E-state index in [-0.39, 0.29) is 25.1 Å². The molecule has 0 fully saturated rings. The van der Waals surface area contributed by atoms with Crippen molar-refractivity contribution in [3.05, 3.63) is 6.33 Å². The lowest BCUT2D eigenvalue weighted by molar-refractivity contribution is -0.213. The van der Waals surface area contributed by atoms with Crippen LogP contribution in [0.5, 0.6) is 0 Å². The molecule has 0 bridgehead atoms. The topological polar surface area (TPSA) is 184 Å². The van der Waals surface area contributed by atoms with Gasteiger partial charge in [-0.2, -0.15) is 9.97 Å². The van der Waals surface area contributed by atoms with Crippen LogP contribution in [0.25, 0.3) is 11.2 Å². The van der Waals surface area contributed by atoms with Gasteiger partial charge in [-0.3, -0.25) is 0 Å². The van der Waals surface area contributed by atoms with Gasteiger partial charge in [0.15, 0.2) is 25.9 Å². The first-order valence-corrected chi connectivity index (χ1v) is 17.1. The first kappa shape index (κ1) is 35.4. The van der Waals surface area contributed by atoms with Crippen LogP contribution in [0.1, 0.15) is 110 Å². The lowest BCUT2D eigenvalue weighted by Gasteiger charge is -2.25. The van der Waals surface area contributed by atoms with Crippen LogP contribution in [0.3, 0.4) is 0 Å². The predicted octanol–water partition coefficient (Wildman–Crippen LogP) is 5.13. The van der Waals surface area contributed by atoms with Crippen LogP contribution in [0.4, 0.5) is 11.8 Å². The highest BCUT2D eigenvalue weighted by Gasteiger charge is 2.18. The highest BCUT2D eigenvalue weighted by atomic mass is 31.2. The average Bonchev–Trinajstić information content (AvgIpc) is 3.34. The minimum absolute atomic E-state index is 0.0183. The number of fused-ring (bicyclic) bond motifs is 1. The Bertz CT molecular complexity index is 1010. The monoisotopic (exact) mass is 599 g/mol. The van der Waals surface area contributed by atoms with Gasteiger partial charge < -0.3 is 44.6 Å². The van der Waals surface area contributed by atoms with Crippen LogP contribution in [0.15, 0.2) is 6.33 Å². The molecule has 0 aromatic carbocycles. The quantitative estimate of drug-likeness (QED) is 0.0740. The van der Waals surface area contributed by atoms with E-state index in [4.69, 9.17) is 25.5 Å². The summed E-state index contributed by atoms with van der Waals surface area (Å²) in [6.07, 6.45) is 20.6. The van der Waals surface area contributed by atoms with Crippen molar-refractivity contribution in [1.82, 2.24) is 19.5 Å². The minimum Gasteiger partial charge on any atom is -0.777 e. The van der Waals surface area contributed by atoms with E-state index in [0.717, 1.165) is 19.3 Å². The smallest absolute Gasteiger partial charge is 0.224 e. The molecule has 236 valence electrons. The Labute approximate surface area is 245 Å². The van der Waals surface area contributed by atoms with Crippen molar-refractivity contribution in [3.8, 4) is 0 Å². The Morgan fingerprint density at radius 1 is 0.927 bits per heavy atom. The number of nitrogens with two attached hydrogens (primary N) is 2. The molecule has 0 aliphatic heterocycles. The molecular formula is C28H52N6O6P-. The summed E-state index contributed by atoms with van der Waals surface area (Å²) in [7, 11) is -4.30. The molecule has 2 aromatic heterocycles. The van der Waals surface area contributed by atoms with Crippen LogP contribution in [0, 0.1) is 0 Å². The second-order valence-electron chi connectivity index (χ2n) is 10.7. The van der Waals surface area contributed by atoms with Gasteiger partial charge in [0, 0.05) is 6.61 Å². The molecule has 41 heavy (non-hydrogen) atoms. The second kappa shape index (κ2) is 21.0. The molecule has 2 atom stereocenters. The van der Waals surface area contributed by atoms with Crippen molar-refractivity contribution in [2.75, 3.05) is 37.8 Å². The molecule has 2 heterocycles. The number of hydrogen-bond donors (Lipinski definition) is 3. The van der Waals surface area contributed by atoms with E-state index in [9.17, 15) is 14.6 Å². The number of aliphatic hydroxyl groups is 1. The lowest BCUT2D eigenvalue weighted by atomic mass is 10.0. The maximum Gasteiger partial charge on any atom is 0.224 e. The molecule has 12 nitrogen and oxygen atoms in total. The Balaban J connectivity index is 1.44. The summed E-state index contributed by atoms with van der Waals surface area (Å²) >= 11 is 0. The van der Waals surface area contributed by atoms with Crippen molar-refractivity contribution in [3.63, 3.8) is 0 Å². The maximum atomic E-state index is 12.2. The summed E-state index contributed by atoms with van der Waals surface area (Å²) in [5.41, 5.74) is 12.2. The molecule has 13 heteroatoms. The maximum absolute atomic E-state index is 12.2. The number of nitrogen functional groups attached to an aromatic ring is 2. The van der Waals surface area contributed by atoms with Crippen LogP contribution in [0.2, 0.25) is 0 Å². The first-order chi connectivity index (χ1) is 19.9. The molecule has 5 N–H and O–H groups in total. The highest BCUT2D eigenvalue weighted by molar-refractivity contribution is 7.51. The molecule has 2 rings (SSSR count). The third-order valence-corrected chi connectivity index (χ3v) is 8.02. The van der Waals surface area contributed by atoms with Crippen LogP contribution in [-0.2, 0) is 25.1 Å². The minimum atomic E-state index is -4.30. The van der Waals surface area contributed by atoms with Gasteiger partial charge in [-0.05, 0) is 6.42 Å². The van der Waals surface area contributed by atoms with Gasteiger partial charge in [-0.1, -0.05) is 103 Å². The van der Waals surface area contributed by atoms with Gasteiger partial charge in [0.05, 0.1) is 25.6 Å². The summed E-state index contributed by atoms with van der Waals surface area (Å²) in [6.45, 7) is 2.01. The highest BCUT2D eigenvalue weighted by Crippen LogP contribution is 2.37. The van der Waals surface area contributed by atoms with Crippen LogP contribution < -0.4 is 16.4 Å². The molecule has 0 radical (unpaired) electrons. The number of unbranched alkanes of at least 4 members (excludes halogenated alkanes) is 15. The van der Waals surface area contributed by atoms with Crippen molar-refractivity contribution < 1.29 is 28.6 Å². The zero-order chi connectivity index (χ0) is 29.8. The number of rotatable bonds is 26. The Hall–Kier alpha value is -1.82. The van der Waals surface area contributed by atoms with E-state index >= 15 is 0 Å². The van der Waals surface area contributed by atoms with E-state index in [1.54, 1.807) is 4.57 Å². The molecule has 0 spiro atoms. The van der Waals surface area contributed by atoms with Crippen LogP contribution in [-0.4, -0.2) is 57.1 Å². The SMILES string of the molecule is CCCCCCCCCCCCCCCCCCOCOP(=O)([O-])CO[C@H](CO)Cn1cnc2c(N)nc(N)nc21. The summed E-state index contributed by atoms with van der Waals surface area (Å²) < 4.78 is 29.3. The van der Waals surface area contributed by atoms with Gasteiger partial charge >= 0.3 is 0 Å². The van der Waals surface area contributed by atoms with Gasteiger partial charge in [-0.15, -0.1) is 0 Å². The number of hydrogen-bond acceptors (Lipinski definition) is 11. The van der Waals surface area contributed by atoms with E-state index in [0.29, 0.717) is 17.8 Å². The average molecular weight is 600 g/mol. The van der Waals surface area contributed by atoms with Gasteiger partial charge in [0.25, 0.3) is 0 Å². The van der Waals surface area contributed by atoms with E-state index in [2.05, 4.69) is 21.9 Å². The second-order valence-corrected chi connectivity index (χ2v) is 12.4. The molecule has 0 amide bonds. The summed E-state index contributed by atoms with van der Waals surface area (Å²) in [5, 5.41) is 9.65. The summed E-state index contributed by atoms with van der Waals surface area (Å²) in [4.78, 5) is 24.3. The van der Waals surface area contributed by atoms with Crippen molar-refractivity contribution in [1.29, 1.82) is 0 Å². The van der Waals surface area contributed by atoms with E-state index in [1.165, 1.54) is 89.8 Å². The Morgan fingerprint density at radius 3 is 2.05 bits per heavy atom. The largest absolute Gasteiger partial charge is 0.777 e. The summed E-state index contributed by atoms with van der Waals surface area (Å²) in [5.74, 6) is 0.111. The fraction of sp³-hybridized carbons (Fsp3) is 0.821. The van der Waals surface area contributed by atoms with Crippen molar-refractivity contribution in [2.24, 2.45) is 0 Å². The van der Waals surface area contributed by atoms with E-state index < -0.39 is 26.7 Å². The predicted molar refractivity (Wildman–Crippen MR) is 160 cm³/mol. The third kappa shape index (κ3) is 15.3. The number of anilines is 2. The fourth-order valence-corrected chi connectivity index (χ4v) is 5.37. The first-order valence-electron chi connectivity index (χ1n) is 15.3. The number of aliphatic hydroxyl groups excluding tert-OH is 1. The number of imidazole rings is 1. The zero-order valence-electron chi connectivity index (χ0n) is 24.9. The summed E-state index contributed by atoms with van der Waals surface area (Å²) in [6, 6.07) is 0. The molecule has 0 aliphatic carbocycles. The molecule has 0 saturated carbocycles. The number of aromatic nitrogens is 4. The van der Waals surface area contributed by atoms with Gasteiger partial charge in [0.1, 0.15) is 11.9 Å². The Morgan fingerprint density at radius 2 is 1.49 bits per heavy atom. The van der Waals surface area contributed by atoms with E-state index in [1.807, 2.05) is 0 Å². The fourth-order valence-electron chi connectivity index (χ4n) is 4.66. The zero-order valence-corrected chi connectivity index (χ0v) is 25.8. The lowest BCUT2D eigenvalue weighted by Crippen LogP contribution is -2.26. The normalized spacial score (nSPS) is 14.0. The molecule has 0 saturated heterocycles. The van der Waals surface area contributed by atoms with Crippen molar-refractivity contribution >= 4 is 30.5 Å². The molecular weight excluding hydrogens is 547 g/mol. The van der Waals surface area contributed by atoms with Crippen LogP contribution >= 0.6 is 7.60 Å². The Kier molecular flexibility index (Phi) is 18.1.